The first kappa shape index (κ1) is 24.9. The standard InChI is InChI=1S/C23H27Cl2N5O3/c1-23(2,3)10-17(22(33)28-14(11-26)8-13-6-7-27-20(13)31)30-21(32)16-9-12-4-5-15(24)18(25)19(12)29-16/h4-5,9,13-14,17,29H,6-8,10H2,1-3H3,(H,27,31)(H,28,33)(H,30,32). The van der Waals surface area contributed by atoms with E-state index in [1.807, 2.05) is 20.8 Å². The predicted molar refractivity (Wildman–Crippen MR) is 127 cm³/mol. The van der Waals surface area contributed by atoms with E-state index in [1.165, 1.54) is 0 Å². The SMILES string of the molecule is CC(C)(C)CC(NC(=O)c1cc2ccc(Cl)c(Cl)c2[nH]1)C(=O)NC(C#N)CC1CCNC1=O. The van der Waals surface area contributed by atoms with Crippen molar-refractivity contribution in [2.24, 2.45) is 11.3 Å². The number of fused-ring (bicyclic) bond motifs is 1. The summed E-state index contributed by atoms with van der Waals surface area (Å²) in [5.41, 5.74) is 0.492. The second-order valence-corrected chi connectivity index (χ2v) is 10.3. The van der Waals surface area contributed by atoms with Gasteiger partial charge in [0, 0.05) is 17.8 Å². The smallest absolute Gasteiger partial charge is 0.268 e. The van der Waals surface area contributed by atoms with Crippen LogP contribution in [0, 0.1) is 22.7 Å². The van der Waals surface area contributed by atoms with Gasteiger partial charge in [0.25, 0.3) is 5.91 Å². The Morgan fingerprint density at radius 2 is 2.00 bits per heavy atom. The molecule has 0 saturated carbocycles. The van der Waals surface area contributed by atoms with Crippen molar-refractivity contribution in [1.82, 2.24) is 20.9 Å². The number of carbonyl (C=O) groups excluding carboxylic acids is 3. The molecule has 3 unspecified atom stereocenters. The van der Waals surface area contributed by atoms with Gasteiger partial charge in [-0.1, -0.05) is 50.0 Å². The van der Waals surface area contributed by atoms with Gasteiger partial charge in [-0.3, -0.25) is 14.4 Å². The van der Waals surface area contributed by atoms with Crippen molar-refractivity contribution in [1.29, 1.82) is 5.26 Å². The second kappa shape index (κ2) is 10.0. The van der Waals surface area contributed by atoms with Gasteiger partial charge in [-0.05, 0) is 36.8 Å². The summed E-state index contributed by atoms with van der Waals surface area (Å²) in [5, 5.41) is 19.1. The lowest BCUT2D eigenvalue weighted by molar-refractivity contribution is -0.125. The third-order valence-corrected chi connectivity index (χ3v) is 6.33. The van der Waals surface area contributed by atoms with Crippen molar-refractivity contribution in [3.63, 3.8) is 0 Å². The molecule has 3 atom stereocenters. The maximum absolute atomic E-state index is 13.1. The van der Waals surface area contributed by atoms with Gasteiger partial charge >= 0.3 is 0 Å². The number of nitriles is 1. The summed E-state index contributed by atoms with van der Waals surface area (Å²) >= 11 is 12.3. The number of H-pyrrole nitrogens is 1. The Morgan fingerprint density at radius 1 is 1.27 bits per heavy atom. The van der Waals surface area contributed by atoms with E-state index in [0.717, 1.165) is 0 Å². The van der Waals surface area contributed by atoms with Crippen molar-refractivity contribution < 1.29 is 14.4 Å². The van der Waals surface area contributed by atoms with Crippen LogP contribution in [-0.4, -0.2) is 41.3 Å². The maximum Gasteiger partial charge on any atom is 0.268 e. The van der Waals surface area contributed by atoms with Gasteiger partial charge in [0.1, 0.15) is 17.8 Å². The zero-order valence-corrected chi connectivity index (χ0v) is 20.2. The number of aromatic amines is 1. The minimum absolute atomic E-state index is 0.110. The number of halogens is 2. The van der Waals surface area contributed by atoms with Crippen LogP contribution in [0.2, 0.25) is 10.0 Å². The molecule has 1 aromatic heterocycles. The van der Waals surface area contributed by atoms with Crippen LogP contribution in [0.1, 0.15) is 50.5 Å². The number of nitrogens with one attached hydrogen (secondary N) is 4. The van der Waals surface area contributed by atoms with Crippen LogP contribution in [0.3, 0.4) is 0 Å². The minimum Gasteiger partial charge on any atom is -0.356 e. The summed E-state index contributed by atoms with van der Waals surface area (Å²) in [6, 6.07) is 5.36. The Bertz CT molecular complexity index is 1120. The number of aromatic nitrogens is 1. The summed E-state index contributed by atoms with van der Waals surface area (Å²) in [7, 11) is 0. The first-order valence-electron chi connectivity index (χ1n) is 10.7. The number of hydrogen-bond donors (Lipinski definition) is 4. The molecule has 2 heterocycles. The van der Waals surface area contributed by atoms with Gasteiger partial charge in [-0.25, -0.2) is 0 Å². The predicted octanol–water partition coefficient (Wildman–Crippen LogP) is 3.54. The van der Waals surface area contributed by atoms with Gasteiger partial charge in [0.15, 0.2) is 0 Å². The third kappa shape index (κ3) is 6.18. The summed E-state index contributed by atoms with van der Waals surface area (Å²) < 4.78 is 0. The van der Waals surface area contributed by atoms with Gasteiger partial charge < -0.3 is 20.9 Å². The van der Waals surface area contributed by atoms with Crippen LogP contribution in [-0.2, 0) is 9.59 Å². The summed E-state index contributed by atoms with van der Waals surface area (Å²) in [6.07, 6.45) is 1.20. The first-order valence-corrected chi connectivity index (χ1v) is 11.5. The van der Waals surface area contributed by atoms with Gasteiger partial charge in [-0.15, -0.1) is 0 Å². The summed E-state index contributed by atoms with van der Waals surface area (Å²) in [5.74, 6) is -1.37. The highest BCUT2D eigenvalue weighted by atomic mass is 35.5. The molecule has 0 radical (unpaired) electrons. The number of hydrogen-bond acceptors (Lipinski definition) is 4. The molecule has 10 heteroatoms. The zero-order chi connectivity index (χ0) is 24.3. The van der Waals surface area contributed by atoms with Gasteiger partial charge in [-0.2, -0.15) is 5.26 Å². The average Bonchev–Trinajstić information content (AvgIpc) is 3.35. The van der Waals surface area contributed by atoms with E-state index in [-0.39, 0.29) is 29.4 Å². The van der Waals surface area contributed by atoms with Crippen molar-refractivity contribution in [3.8, 4) is 6.07 Å². The van der Waals surface area contributed by atoms with Crippen LogP contribution in [0.4, 0.5) is 0 Å². The number of amides is 3. The summed E-state index contributed by atoms with van der Waals surface area (Å²) in [6.45, 7) is 6.43. The highest BCUT2D eigenvalue weighted by molar-refractivity contribution is 6.45. The van der Waals surface area contributed by atoms with Crippen LogP contribution in [0.25, 0.3) is 10.9 Å². The Labute approximate surface area is 202 Å². The molecule has 3 rings (SSSR count). The molecule has 0 bridgehead atoms. The molecular formula is C23H27Cl2N5O3. The van der Waals surface area contributed by atoms with Crippen LogP contribution in [0.15, 0.2) is 18.2 Å². The second-order valence-electron chi connectivity index (χ2n) is 9.50. The fourth-order valence-electron chi connectivity index (χ4n) is 3.89. The topological polar surface area (TPSA) is 127 Å². The lowest BCUT2D eigenvalue weighted by atomic mass is 9.87. The van der Waals surface area contributed by atoms with Crippen molar-refractivity contribution in [2.75, 3.05) is 6.54 Å². The van der Waals surface area contributed by atoms with E-state index in [4.69, 9.17) is 23.2 Å². The molecule has 8 nitrogen and oxygen atoms in total. The van der Waals surface area contributed by atoms with Crippen LogP contribution >= 0.6 is 23.2 Å². The van der Waals surface area contributed by atoms with Gasteiger partial charge in [0.05, 0.1) is 21.6 Å². The fourth-order valence-corrected chi connectivity index (χ4v) is 4.27. The Morgan fingerprint density at radius 3 is 2.61 bits per heavy atom. The molecule has 1 saturated heterocycles. The zero-order valence-electron chi connectivity index (χ0n) is 18.7. The van der Waals surface area contributed by atoms with Crippen molar-refractivity contribution >= 4 is 51.8 Å². The molecule has 1 aliphatic rings. The molecular weight excluding hydrogens is 465 g/mol. The first-order chi connectivity index (χ1) is 15.5. The van der Waals surface area contributed by atoms with Crippen molar-refractivity contribution in [2.45, 2.75) is 52.1 Å². The highest BCUT2D eigenvalue weighted by Gasteiger charge is 2.32. The largest absolute Gasteiger partial charge is 0.356 e. The monoisotopic (exact) mass is 491 g/mol. The molecule has 1 aliphatic heterocycles. The lowest BCUT2D eigenvalue weighted by Gasteiger charge is -2.27. The Kier molecular flexibility index (Phi) is 7.55. The normalized spacial score (nSPS) is 17.8. The third-order valence-electron chi connectivity index (χ3n) is 5.52. The highest BCUT2D eigenvalue weighted by Crippen LogP contribution is 2.31. The Hall–Kier alpha value is -2.76. The maximum atomic E-state index is 13.1. The van der Waals surface area contributed by atoms with Crippen LogP contribution in [0.5, 0.6) is 0 Å². The quantitative estimate of drug-likeness (QED) is 0.472. The molecule has 1 fully saturated rings. The molecule has 0 spiro atoms. The number of nitrogens with zero attached hydrogens (tertiary/aromatic N) is 1. The fraction of sp³-hybridized carbons (Fsp3) is 0.478. The van der Waals surface area contributed by atoms with Crippen molar-refractivity contribution in [3.05, 3.63) is 33.9 Å². The molecule has 2 aromatic rings. The average molecular weight is 492 g/mol. The molecule has 3 amide bonds. The van der Waals surface area contributed by atoms with E-state index in [9.17, 15) is 19.6 Å². The molecule has 176 valence electrons. The van der Waals surface area contributed by atoms with E-state index < -0.39 is 23.9 Å². The molecule has 33 heavy (non-hydrogen) atoms. The summed E-state index contributed by atoms with van der Waals surface area (Å²) in [4.78, 5) is 40.8. The number of rotatable bonds is 7. The van der Waals surface area contributed by atoms with Gasteiger partial charge in [0.2, 0.25) is 11.8 Å². The van der Waals surface area contributed by atoms with E-state index in [1.54, 1.807) is 18.2 Å². The Balaban J connectivity index is 1.75. The molecule has 4 N–H and O–H groups in total. The number of carbonyl (C=O) groups is 3. The lowest BCUT2D eigenvalue weighted by Crippen LogP contribution is -2.51. The van der Waals surface area contributed by atoms with Crippen LogP contribution < -0.4 is 16.0 Å². The molecule has 1 aromatic carbocycles. The minimum atomic E-state index is -0.878. The van der Waals surface area contributed by atoms with E-state index >= 15 is 0 Å². The van der Waals surface area contributed by atoms with E-state index in [0.29, 0.717) is 40.3 Å². The number of benzene rings is 1. The van der Waals surface area contributed by atoms with E-state index in [2.05, 4.69) is 27.0 Å². The molecule has 0 aliphatic carbocycles.